The van der Waals surface area contributed by atoms with Crippen LogP contribution in [0.5, 0.6) is 0 Å². The second-order valence-electron chi connectivity index (χ2n) is 9.10. The van der Waals surface area contributed by atoms with Gasteiger partial charge in [-0.1, -0.05) is 24.6 Å². The van der Waals surface area contributed by atoms with E-state index in [9.17, 15) is 4.79 Å². The Balaban J connectivity index is 1.34. The van der Waals surface area contributed by atoms with Gasteiger partial charge in [0.2, 0.25) is 0 Å². The summed E-state index contributed by atoms with van der Waals surface area (Å²) >= 11 is 0. The van der Waals surface area contributed by atoms with E-state index in [1.807, 2.05) is 20.8 Å². The van der Waals surface area contributed by atoms with Crippen LogP contribution in [0.4, 0.5) is 4.79 Å². The predicted octanol–water partition coefficient (Wildman–Crippen LogP) is 4.22. The van der Waals surface area contributed by atoms with Crippen molar-refractivity contribution in [2.75, 3.05) is 0 Å². The van der Waals surface area contributed by atoms with Gasteiger partial charge in [-0.05, 0) is 68.6 Å². The summed E-state index contributed by atoms with van der Waals surface area (Å²) in [5.74, 6) is 1.88. The van der Waals surface area contributed by atoms with Gasteiger partial charge in [0.05, 0.1) is 0 Å². The molecule has 4 nitrogen and oxygen atoms in total. The van der Waals surface area contributed by atoms with Crippen LogP contribution in [0, 0.1) is 11.8 Å². The molecule has 1 aromatic carbocycles. The Bertz CT molecular complexity index is 664. The molecule has 4 heteroatoms. The lowest BCUT2D eigenvalue weighted by Crippen LogP contribution is -2.33. The second-order valence-corrected chi connectivity index (χ2v) is 9.10. The third kappa shape index (κ3) is 3.69. The minimum Gasteiger partial charge on any atom is -0.444 e. The molecule has 0 saturated heterocycles. The summed E-state index contributed by atoms with van der Waals surface area (Å²) in [4.78, 5) is 14.1. The molecule has 0 spiro atoms. The van der Waals surface area contributed by atoms with E-state index in [1.54, 1.807) is 4.90 Å². The molecular weight excluding hydrogens is 312 g/mol. The highest BCUT2D eigenvalue weighted by Gasteiger charge is 2.39. The van der Waals surface area contributed by atoms with Gasteiger partial charge in [-0.3, -0.25) is 4.90 Å². The Morgan fingerprint density at radius 3 is 2.68 bits per heavy atom. The summed E-state index contributed by atoms with van der Waals surface area (Å²) in [7, 11) is 0. The van der Waals surface area contributed by atoms with Crippen LogP contribution < -0.4 is 5.32 Å². The van der Waals surface area contributed by atoms with Crippen molar-refractivity contribution in [3.05, 3.63) is 34.9 Å². The predicted molar refractivity (Wildman–Crippen MR) is 98.0 cm³/mol. The highest BCUT2D eigenvalue weighted by atomic mass is 16.6. The van der Waals surface area contributed by atoms with E-state index in [0.717, 1.165) is 18.4 Å². The highest BCUT2D eigenvalue weighted by Crippen LogP contribution is 2.44. The van der Waals surface area contributed by atoms with Gasteiger partial charge in [0.25, 0.3) is 0 Å². The number of hydrogen-bond acceptors (Lipinski definition) is 3. The van der Waals surface area contributed by atoms with Crippen LogP contribution in [0.3, 0.4) is 0 Å². The first-order valence-corrected chi connectivity index (χ1v) is 9.69. The largest absolute Gasteiger partial charge is 0.444 e. The van der Waals surface area contributed by atoms with Gasteiger partial charge >= 0.3 is 6.09 Å². The van der Waals surface area contributed by atoms with Gasteiger partial charge < -0.3 is 10.1 Å². The van der Waals surface area contributed by atoms with Crippen molar-refractivity contribution in [2.45, 2.75) is 77.7 Å². The summed E-state index contributed by atoms with van der Waals surface area (Å²) in [6.07, 6.45) is 5.44. The molecule has 2 saturated carbocycles. The molecule has 4 rings (SSSR count). The SMILES string of the molecule is CC(C)(C)OC(=O)N1Cc2ccc(CNC3CC4CCC3C4)cc2C1. The standard InChI is InChI=1S/C21H30N2O2/c1-21(2,3)25-20(24)23-12-17-7-5-15(9-18(17)13-23)11-22-19-10-14-4-6-16(19)8-14/h5,7,9,14,16,19,22H,4,6,8,10-13H2,1-3H3. The molecule has 136 valence electrons. The van der Waals surface area contributed by atoms with E-state index in [1.165, 1.54) is 42.4 Å². The summed E-state index contributed by atoms with van der Waals surface area (Å²) in [5.41, 5.74) is 3.39. The highest BCUT2D eigenvalue weighted by molar-refractivity contribution is 5.69. The molecule has 25 heavy (non-hydrogen) atoms. The Hall–Kier alpha value is -1.55. The minimum absolute atomic E-state index is 0.217. The van der Waals surface area contributed by atoms with Crippen LogP contribution >= 0.6 is 0 Å². The summed E-state index contributed by atoms with van der Waals surface area (Å²) < 4.78 is 5.50. The lowest BCUT2D eigenvalue weighted by atomic mass is 9.95. The maximum Gasteiger partial charge on any atom is 0.410 e. The molecule has 1 N–H and O–H groups in total. The van der Waals surface area contributed by atoms with E-state index in [-0.39, 0.29) is 6.09 Å². The Morgan fingerprint density at radius 1 is 1.20 bits per heavy atom. The molecule has 1 aliphatic heterocycles. The maximum absolute atomic E-state index is 12.3. The fourth-order valence-corrected chi connectivity index (χ4v) is 4.76. The molecule has 3 aliphatic rings. The van der Waals surface area contributed by atoms with Crippen molar-refractivity contribution in [1.29, 1.82) is 0 Å². The molecule has 1 amide bonds. The zero-order chi connectivity index (χ0) is 17.6. The minimum atomic E-state index is -0.443. The number of hydrogen-bond donors (Lipinski definition) is 1. The molecule has 3 unspecified atom stereocenters. The topological polar surface area (TPSA) is 41.6 Å². The summed E-state index contributed by atoms with van der Waals surface area (Å²) in [6.45, 7) is 7.98. The van der Waals surface area contributed by atoms with E-state index < -0.39 is 5.60 Å². The second kappa shape index (κ2) is 6.31. The Labute approximate surface area is 150 Å². The number of fused-ring (bicyclic) bond motifs is 3. The molecule has 1 aromatic rings. The van der Waals surface area contributed by atoms with Gasteiger partial charge in [0.1, 0.15) is 5.60 Å². The van der Waals surface area contributed by atoms with Crippen LogP contribution in [0.2, 0.25) is 0 Å². The third-order valence-electron chi connectivity index (χ3n) is 5.95. The molecule has 1 heterocycles. The van der Waals surface area contributed by atoms with Gasteiger partial charge in [0, 0.05) is 25.7 Å². The van der Waals surface area contributed by atoms with E-state index in [4.69, 9.17) is 4.74 Å². The quantitative estimate of drug-likeness (QED) is 0.894. The molecule has 0 radical (unpaired) electrons. The zero-order valence-corrected chi connectivity index (χ0v) is 15.7. The number of carbonyl (C=O) groups excluding carboxylic acids is 1. The van der Waals surface area contributed by atoms with Gasteiger partial charge in [-0.15, -0.1) is 0 Å². The lowest BCUT2D eigenvalue weighted by molar-refractivity contribution is 0.0242. The van der Waals surface area contributed by atoms with Gasteiger partial charge in [-0.2, -0.15) is 0 Å². The molecule has 2 aliphatic carbocycles. The van der Waals surface area contributed by atoms with Crippen molar-refractivity contribution in [2.24, 2.45) is 11.8 Å². The van der Waals surface area contributed by atoms with Crippen molar-refractivity contribution in [3.63, 3.8) is 0 Å². The molecule has 2 fully saturated rings. The average Bonchev–Trinajstić information content (AvgIpc) is 3.25. The normalized spacial score (nSPS) is 27.6. The van der Waals surface area contributed by atoms with Gasteiger partial charge in [-0.25, -0.2) is 4.79 Å². The number of carbonyl (C=O) groups is 1. The number of ether oxygens (including phenoxy) is 1. The van der Waals surface area contributed by atoms with Crippen LogP contribution in [-0.4, -0.2) is 22.6 Å². The molecule has 3 atom stereocenters. The summed E-state index contributed by atoms with van der Waals surface area (Å²) in [5, 5.41) is 3.78. The number of rotatable bonds is 3. The first-order chi connectivity index (χ1) is 11.9. The number of nitrogens with one attached hydrogen (secondary N) is 1. The Morgan fingerprint density at radius 2 is 2.00 bits per heavy atom. The Kier molecular flexibility index (Phi) is 4.27. The van der Waals surface area contributed by atoms with Gasteiger partial charge in [0.15, 0.2) is 0 Å². The smallest absolute Gasteiger partial charge is 0.410 e. The van der Waals surface area contributed by atoms with Crippen molar-refractivity contribution in [1.82, 2.24) is 10.2 Å². The van der Waals surface area contributed by atoms with E-state index >= 15 is 0 Å². The van der Waals surface area contributed by atoms with Crippen molar-refractivity contribution < 1.29 is 9.53 Å². The maximum atomic E-state index is 12.3. The van der Waals surface area contributed by atoms with Crippen LogP contribution in [0.15, 0.2) is 18.2 Å². The fraction of sp³-hybridized carbons (Fsp3) is 0.667. The van der Waals surface area contributed by atoms with Crippen LogP contribution in [-0.2, 0) is 24.4 Å². The van der Waals surface area contributed by atoms with Crippen molar-refractivity contribution >= 4 is 6.09 Å². The van der Waals surface area contributed by atoms with Crippen LogP contribution in [0.1, 0.15) is 63.1 Å². The first kappa shape index (κ1) is 16.9. The zero-order valence-electron chi connectivity index (χ0n) is 15.7. The number of amides is 1. The molecule has 2 bridgehead atoms. The monoisotopic (exact) mass is 342 g/mol. The van der Waals surface area contributed by atoms with E-state index in [2.05, 4.69) is 23.5 Å². The average molecular weight is 342 g/mol. The summed E-state index contributed by atoms with van der Waals surface area (Å²) in [6, 6.07) is 7.36. The fourth-order valence-electron chi connectivity index (χ4n) is 4.76. The molecular formula is C21H30N2O2. The third-order valence-corrected chi connectivity index (χ3v) is 5.95. The number of nitrogens with zero attached hydrogens (tertiary/aromatic N) is 1. The lowest BCUT2D eigenvalue weighted by Gasteiger charge is -2.24. The van der Waals surface area contributed by atoms with Crippen molar-refractivity contribution in [3.8, 4) is 0 Å². The molecule has 0 aromatic heterocycles. The first-order valence-electron chi connectivity index (χ1n) is 9.69. The number of benzene rings is 1. The van der Waals surface area contributed by atoms with Crippen LogP contribution in [0.25, 0.3) is 0 Å². The van der Waals surface area contributed by atoms with E-state index in [0.29, 0.717) is 19.1 Å².